The molecule has 5 heterocycles. The molecule has 0 unspecified atom stereocenters. The average Bonchev–Trinajstić information content (AvgIpc) is 3.84. The molecular weight excluding hydrogens is 681 g/mol. The van der Waals surface area contributed by atoms with Crippen LogP contribution < -0.4 is 11.2 Å². The van der Waals surface area contributed by atoms with Crippen LogP contribution in [0.3, 0.4) is 0 Å². The maximum Gasteiger partial charge on any atom is 0.475 e. The fourth-order valence-corrected chi connectivity index (χ4v) is 6.60. The van der Waals surface area contributed by atoms with Crippen molar-refractivity contribution in [2.24, 2.45) is 5.11 Å². The molecule has 6 rings (SSSR count). The van der Waals surface area contributed by atoms with Gasteiger partial charge in [0.05, 0.1) is 43.0 Å². The van der Waals surface area contributed by atoms with Gasteiger partial charge in [-0.3, -0.25) is 27.9 Å². The summed E-state index contributed by atoms with van der Waals surface area (Å²) >= 11 is 6.11. The number of hydrogen-bond donors (Lipinski definition) is 1. The number of esters is 2. The molecule has 2 aliphatic rings. The van der Waals surface area contributed by atoms with Crippen LogP contribution in [0.1, 0.15) is 45.0 Å². The number of nitrogens with zero attached hydrogens (tertiary/aromatic N) is 4. The van der Waals surface area contributed by atoms with E-state index in [0.717, 1.165) is 29.4 Å². The standard InChI is InChI=1S/C28H23ClN5O13P/c29-19-3-1-2-16(12-19)20-7-11-42-48(39,47-20)43-15-28(32-33-30)23(45-26(37)18-6-10-41-14-18)22(44-25(36)17-5-9-40-13-17)24(46-28)34-8-4-21(35)31-27(34)38/h1-6,8-10,12-14,20,22-24H,7,11,15H2,(H,31,35,38)/t20-,22+,23-,24+,28+,48+/m0/s1. The molecule has 2 aliphatic heterocycles. The van der Waals surface area contributed by atoms with Crippen molar-refractivity contribution in [1.82, 2.24) is 9.55 Å². The predicted molar refractivity (Wildman–Crippen MR) is 159 cm³/mol. The molecule has 2 fully saturated rings. The summed E-state index contributed by atoms with van der Waals surface area (Å²) in [6.07, 6.45) is -0.429. The summed E-state index contributed by atoms with van der Waals surface area (Å²) in [5.41, 5.74) is 5.77. The van der Waals surface area contributed by atoms with E-state index in [1.54, 1.807) is 24.3 Å². The maximum absolute atomic E-state index is 13.8. The number of rotatable bonds is 10. The molecular formula is C28H23ClN5O13P. The highest BCUT2D eigenvalue weighted by Crippen LogP contribution is 2.58. The van der Waals surface area contributed by atoms with Gasteiger partial charge in [-0.2, -0.15) is 0 Å². The number of aromatic amines is 1. The Hall–Kier alpha value is -4.93. The van der Waals surface area contributed by atoms with Gasteiger partial charge in [-0.1, -0.05) is 28.8 Å². The zero-order valence-corrected chi connectivity index (χ0v) is 25.9. The highest BCUT2D eigenvalue weighted by molar-refractivity contribution is 7.48. The Morgan fingerprint density at radius 1 is 1.10 bits per heavy atom. The Bertz CT molecular complexity index is 2010. The van der Waals surface area contributed by atoms with E-state index in [4.69, 9.17) is 48.2 Å². The van der Waals surface area contributed by atoms with Gasteiger partial charge in [-0.05, 0) is 35.4 Å². The number of hydrogen-bond acceptors (Lipinski definition) is 14. The molecule has 3 aromatic heterocycles. The topological polar surface area (TPSA) is 236 Å². The number of benzene rings is 1. The zero-order valence-electron chi connectivity index (χ0n) is 24.3. The maximum atomic E-state index is 13.8. The molecule has 6 atom stereocenters. The minimum absolute atomic E-state index is 0.0803. The molecule has 0 spiro atoms. The third kappa shape index (κ3) is 6.86. The molecule has 0 aliphatic carbocycles. The number of nitrogens with one attached hydrogen (secondary N) is 1. The van der Waals surface area contributed by atoms with Crippen LogP contribution in [0, 0.1) is 0 Å². The molecule has 0 radical (unpaired) electrons. The summed E-state index contributed by atoms with van der Waals surface area (Å²) in [6, 6.07) is 10.1. The van der Waals surface area contributed by atoms with Crippen molar-refractivity contribution in [3.63, 3.8) is 0 Å². The van der Waals surface area contributed by atoms with Gasteiger partial charge in [-0.25, -0.2) is 18.9 Å². The van der Waals surface area contributed by atoms with Gasteiger partial charge in [0.25, 0.3) is 5.56 Å². The van der Waals surface area contributed by atoms with Gasteiger partial charge < -0.3 is 23.0 Å². The van der Waals surface area contributed by atoms with Crippen molar-refractivity contribution in [2.45, 2.75) is 36.7 Å². The number of azide groups is 1. The second-order valence-corrected chi connectivity index (χ2v) is 12.3. The smallest absolute Gasteiger partial charge is 0.472 e. The fraction of sp³-hybridized carbons (Fsp3) is 0.286. The van der Waals surface area contributed by atoms with Gasteiger partial charge in [0, 0.05) is 28.6 Å². The lowest BCUT2D eigenvalue weighted by atomic mass is 10.0. The molecule has 20 heteroatoms. The number of carbonyl (C=O) groups excluding carboxylic acids is 2. The van der Waals surface area contributed by atoms with Gasteiger partial charge in [0.15, 0.2) is 18.4 Å². The van der Waals surface area contributed by atoms with Gasteiger partial charge >= 0.3 is 25.5 Å². The van der Waals surface area contributed by atoms with E-state index in [2.05, 4.69) is 10.0 Å². The third-order valence-electron chi connectivity index (χ3n) is 7.21. The van der Waals surface area contributed by atoms with Crippen molar-refractivity contribution in [1.29, 1.82) is 0 Å². The summed E-state index contributed by atoms with van der Waals surface area (Å²) in [5, 5.41) is 4.11. The molecule has 250 valence electrons. The van der Waals surface area contributed by atoms with Crippen LogP contribution in [0.2, 0.25) is 5.02 Å². The second kappa shape index (κ2) is 13.7. The van der Waals surface area contributed by atoms with E-state index >= 15 is 0 Å². The number of halogens is 1. The van der Waals surface area contributed by atoms with Crippen molar-refractivity contribution in [3.8, 4) is 0 Å². The van der Waals surface area contributed by atoms with E-state index in [1.165, 1.54) is 24.7 Å². The van der Waals surface area contributed by atoms with E-state index in [9.17, 15) is 29.3 Å². The molecule has 0 saturated carbocycles. The highest BCUT2D eigenvalue weighted by atomic mass is 35.5. The molecule has 1 N–H and O–H groups in total. The summed E-state index contributed by atoms with van der Waals surface area (Å²) in [4.78, 5) is 56.1. The zero-order chi connectivity index (χ0) is 33.9. The first kappa shape index (κ1) is 33.0. The first-order valence-electron chi connectivity index (χ1n) is 13.9. The number of carbonyl (C=O) groups is 2. The number of aromatic nitrogens is 2. The number of ether oxygens (including phenoxy) is 3. The highest BCUT2D eigenvalue weighted by Gasteiger charge is 2.62. The minimum atomic E-state index is -4.47. The van der Waals surface area contributed by atoms with Crippen LogP contribution in [0.25, 0.3) is 10.4 Å². The van der Waals surface area contributed by atoms with Crippen LogP contribution in [0.5, 0.6) is 0 Å². The molecule has 4 aromatic rings. The Kier molecular flexibility index (Phi) is 9.39. The Morgan fingerprint density at radius 2 is 1.83 bits per heavy atom. The molecule has 2 saturated heterocycles. The molecule has 18 nitrogen and oxygen atoms in total. The summed E-state index contributed by atoms with van der Waals surface area (Å²) in [5.74, 6) is -2.09. The van der Waals surface area contributed by atoms with Crippen LogP contribution in [-0.2, 0) is 32.3 Å². The molecule has 0 amide bonds. The first-order valence-corrected chi connectivity index (χ1v) is 15.8. The van der Waals surface area contributed by atoms with Crippen LogP contribution in [0.15, 0.2) is 97.3 Å². The van der Waals surface area contributed by atoms with Gasteiger partial charge in [-0.15, -0.1) is 0 Å². The SMILES string of the molecule is [N-]=[N+]=N[C@]1(CO[P@@]2(=O)OCC[C@@H](c3cccc(Cl)c3)O2)O[C@@H](n2ccc(=O)[nH]c2=O)[C@H](OC(=O)c2ccoc2)[C@@H]1OC(=O)c1ccoc1. The summed E-state index contributed by atoms with van der Waals surface area (Å²) in [6.45, 7) is -1.07. The Morgan fingerprint density at radius 3 is 2.48 bits per heavy atom. The van der Waals surface area contributed by atoms with Crippen molar-refractivity contribution in [2.75, 3.05) is 13.2 Å². The fourth-order valence-electron chi connectivity index (χ4n) is 4.99. The Balaban J connectivity index is 1.39. The number of furan rings is 2. The normalized spacial score (nSPS) is 26.8. The second-order valence-electron chi connectivity index (χ2n) is 10.3. The average molecular weight is 704 g/mol. The van der Waals surface area contributed by atoms with Crippen LogP contribution in [-0.4, -0.2) is 52.6 Å². The largest absolute Gasteiger partial charge is 0.475 e. The van der Waals surface area contributed by atoms with Crippen molar-refractivity contribution >= 4 is 31.4 Å². The number of phosphoric acid groups is 1. The van der Waals surface area contributed by atoms with E-state index in [0.29, 0.717) is 10.6 Å². The lowest BCUT2D eigenvalue weighted by Gasteiger charge is -2.33. The Labute approximate surface area is 273 Å². The molecule has 48 heavy (non-hydrogen) atoms. The van der Waals surface area contributed by atoms with Crippen LogP contribution in [0.4, 0.5) is 0 Å². The molecule has 0 bridgehead atoms. The number of phosphoric ester groups is 1. The predicted octanol–water partition coefficient (Wildman–Crippen LogP) is 4.67. The van der Waals surface area contributed by atoms with E-state index in [-0.39, 0.29) is 24.2 Å². The quantitative estimate of drug-likeness (QED) is 0.0778. The number of H-pyrrole nitrogens is 1. The summed E-state index contributed by atoms with van der Waals surface area (Å²) < 4.78 is 58.6. The van der Waals surface area contributed by atoms with E-state index in [1.807, 2.05) is 4.98 Å². The van der Waals surface area contributed by atoms with Crippen molar-refractivity contribution < 1.29 is 50.8 Å². The van der Waals surface area contributed by atoms with Crippen molar-refractivity contribution in [3.05, 3.63) is 127 Å². The third-order valence-corrected chi connectivity index (χ3v) is 8.91. The minimum Gasteiger partial charge on any atom is -0.472 e. The monoisotopic (exact) mass is 703 g/mol. The van der Waals surface area contributed by atoms with Crippen LogP contribution >= 0.6 is 19.4 Å². The van der Waals surface area contributed by atoms with E-state index < -0.39 is 67.9 Å². The van der Waals surface area contributed by atoms with Gasteiger partial charge in [0.1, 0.15) is 12.5 Å². The van der Waals surface area contributed by atoms with Gasteiger partial charge in [0.2, 0.25) is 5.72 Å². The lowest BCUT2D eigenvalue weighted by molar-refractivity contribution is -0.128. The summed E-state index contributed by atoms with van der Waals surface area (Å²) in [7, 11) is -4.47. The molecule has 1 aromatic carbocycles. The lowest BCUT2D eigenvalue weighted by Crippen LogP contribution is -2.49. The first-order chi connectivity index (χ1) is 23.1.